The second-order valence-electron chi connectivity index (χ2n) is 4.87. The van der Waals surface area contributed by atoms with Crippen LogP contribution in [0, 0.1) is 11.8 Å². The summed E-state index contributed by atoms with van der Waals surface area (Å²) >= 11 is 0. The van der Waals surface area contributed by atoms with Gasteiger partial charge in [0.1, 0.15) is 0 Å². The summed E-state index contributed by atoms with van der Waals surface area (Å²) in [6.45, 7) is 2.82. The van der Waals surface area contributed by atoms with E-state index in [4.69, 9.17) is 4.84 Å². The van der Waals surface area contributed by atoms with Crippen LogP contribution in [0.3, 0.4) is 0 Å². The third-order valence-corrected chi connectivity index (χ3v) is 3.93. The van der Waals surface area contributed by atoms with Gasteiger partial charge in [0.15, 0.2) is 0 Å². The summed E-state index contributed by atoms with van der Waals surface area (Å²) in [6, 6.07) is 0.634. The molecule has 0 spiro atoms. The molecular weight excluding hydrogens is 174 g/mol. The standard InChI is InChI=1S/C12H23NO/c1-2-14-13-12-8-7-10-5-3-4-6-11(10)9-12/h10-13H,2-9H2,1H3. The molecule has 3 atom stereocenters. The summed E-state index contributed by atoms with van der Waals surface area (Å²) in [5, 5.41) is 0. The fraction of sp³-hybridized carbons (Fsp3) is 1.00. The van der Waals surface area contributed by atoms with Crippen molar-refractivity contribution < 1.29 is 4.84 Å². The van der Waals surface area contributed by atoms with Crippen LogP contribution in [-0.4, -0.2) is 12.6 Å². The quantitative estimate of drug-likeness (QED) is 0.702. The first-order valence-electron chi connectivity index (χ1n) is 6.27. The number of nitrogens with one attached hydrogen (secondary N) is 1. The van der Waals surface area contributed by atoms with E-state index < -0.39 is 0 Å². The van der Waals surface area contributed by atoms with Crippen molar-refractivity contribution in [3.63, 3.8) is 0 Å². The van der Waals surface area contributed by atoms with Crippen LogP contribution in [-0.2, 0) is 4.84 Å². The molecule has 2 fully saturated rings. The van der Waals surface area contributed by atoms with Gasteiger partial charge >= 0.3 is 0 Å². The van der Waals surface area contributed by atoms with Crippen molar-refractivity contribution in [2.45, 2.75) is 57.9 Å². The Morgan fingerprint density at radius 1 is 1.07 bits per heavy atom. The largest absolute Gasteiger partial charge is 0.302 e. The van der Waals surface area contributed by atoms with Gasteiger partial charge in [0.05, 0.1) is 6.61 Å². The molecule has 0 aromatic carbocycles. The van der Waals surface area contributed by atoms with Gasteiger partial charge in [-0.2, -0.15) is 5.48 Å². The smallest absolute Gasteiger partial charge is 0.0654 e. The summed E-state index contributed by atoms with van der Waals surface area (Å²) in [5.74, 6) is 2.04. The predicted molar refractivity (Wildman–Crippen MR) is 57.8 cm³/mol. The average Bonchev–Trinajstić information content (AvgIpc) is 2.26. The second-order valence-corrected chi connectivity index (χ2v) is 4.87. The van der Waals surface area contributed by atoms with Gasteiger partial charge in [0, 0.05) is 6.04 Å². The first-order valence-corrected chi connectivity index (χ1v) is 6.27. The first kappa shape index (κ1) is 10.4. The fourth-order valence-corrected chi connectivity index (χ4v) is 3.18. The highest BCUT2D eigenvalue weighted by Gasteiger charge is 2.31. The Kier molecular flexibility index (Phi) is 3.82. The van der Waals surface area contributed by atoms with Crippen molar-refractivity contribution in [3.05, 3.63) is 0 Å². The molecule has 0 radical (unpaired) electrons. The lowest BCUT2D eigenvalue weighted by molar-refractivity contribution is -0.00371. The van der Waals surface area contributed by atoms with Crippen LogP contribution in [0.2, 0.25) is 0 Å². The third-order valence-electron chi connectivity index (χ3n) is 3.93. The normalized spacial score (nSPS) is 37.9. The lowest BCUT2D eigenvalue weighted by atomic mass is 9.69. The zero-order valence-corrected chi connectivity index (χ0v) is 9.30. The second kappa shape index (κ2) is 5.13. The van der Waals surface area contributed by atoms with E-state index in [-0.39, 0.29) is 0 Å². The molecule has 2 nitrogen and oxygen atoms in total. The lowest BCUT2D eigenvalue weighted by Crippen LogP contribution is -2.38. The van der Waals surface area contributed by atoms with Gasteiger partial charge in [0.2, 0.25) is 0 Å². The predicted octanol–water partition coefficient (Wildman–Crippen LogP) is 2.89. The highest BCUT2D eigenvalue weighted by molar-refractivity contribution is 4.84. The van der Waals surface area contributed by atoms with Crippen LogP contribution in [0.1, 0.15) is 51.9 Å². The van der Waals surface area contributed by atoms with Crippen molar-refractivity contribution >= 4 is 0 Å². The molecule has 2 aliphatic rings. The lowest BCUT2D eigenvalue weighted by Gasteiger charge is -2.39. The summed E-state index contributed by atoms with van der Waals surface area (Å²) in [7, 11) is 0. The third kappa shape index (κ3) is 2.48. The van der Waals surface area contributed by atoms with E-state index in [2.05, 4.69) is 5.48 Å². The molecule has 82 valence electrons. The Balaban J connectivity index is 1.77. The van der Waals surface area contributed by atoms with Crippen molar-refractivity contribution in [1.29, 1.82) is 0 Å². The van der Waals surface area contributed by atoms with Crippen LogP contribution < -0.4 is 5.48 Å². The molecule has 2 saturated carbocycles. The van der Waals surface area contributed by atoms with E-state index in [0.717, 1.165) is 18.4 Å². The van der Waals surface area contributed by atoms with Gasteiger partial charge in [-0.25, -0.2) is 0 Å². The molecule has 0 saturated heterocycles. The number of hydrogen-bond acceptors (Lipinski definition) is 2. The first-order chi connectivity index (χ1) is 6.90. The molecule has 0 aromatic rings. The highest BCUT2D eigenvalue weighted by Crippen LogP contribution is 2.40. The molecule has 1 N–H and O–H groups in total. The van der Waals surface area contributed by atoms with E-state index in [1.54, 1.807) is 0 Å². The minimum atomic E-state index is 0.634. The summed E-state index contributed by atoms with van der Waals surface area (Å²) in [4.78, 5) is 5.30. The van der Waals surface area contributed by atoms with E-state index in [1.165, 1.54) is 44.9 Å². The Labute approximate surface area is 87.4 Å². The number of rotatable bonds is 3. The number of hydroxylamine groups is 1. The SMILES string of the molecule is CCONC1CCC2CCCCC2C1. The minimum Gasteiger partial charge on any atom is -0.302 e. The minimum absolute atomic E-state index is 0.634. The summed E-state index contributed by atoms with van der Waals surface area (Å²) < 4.78 is 0. The topological polar surface area (TPSA) is 21.3 Å². The van der Waals surface area contributed by atoms with Gasteiger partial charge < -0.3 is 4.84 Å². The van der Waals surface area contributed by atoms with Gasteiger partial charge in [-0.05, 0) is 38.0 Å². The van der Waals surface area contributed by atoms with Crippen LogP contribution in [0.5, 0.6) is 0 Å². The number of hydrogen-bond donors (Lipinski definition) is 1. The van der Waals surface area contributed by atoms with Gasteiger partial charge in [-0.15, -0.1) is 0 Å². The molecule has 0 bridgehead atoms. The van der Waals surface area contributed by atoms with Crippen molar-refractivity contribution in [2.75, 3.05) is 6.61 Å². The van der Waals surface area contributed by atoms with Gasteiger partial charge in [-0.1, -0.05) is 25.7 Å². The summed E-state index contributed by atoms with van der Waals surface area (Å²) in [5.41, 5.74) is 3.20. The molecule has 2 rings (SSSR count). The van der Waals surface area contributed by atoms with Crippen LogP contribution in [0.4, 0.5) is 0 Å². The monoisotopic (exact) mass is 197 g/mol. The average molecular weight is 197 g/mol. The molecule has 2 heteroatoms. The number of fused-ring (bicyclic) bond motifs is 1. The van der Waals surface area contributed by atoms with E-state index in [0.29, 0.717) is 6.04 Å². The maximum Gasteiger partial charge on any atom is 0.0654 e. The van der Waals surface area contributed by atoms with E-state index in [9.17, 15) is 0 Å². The molecule has 2 aliphatic carbocycles. The van der Waals surface area contributed by atoms with Crippen LogP contribution >= 0.6 is 0 Å². The van der Waals surface area contributed by atoms with Gasteiger partial charge in [0.25, 0.3) is 0 Å². The Hall–Kier alpha value is -0.0800. The molecule has 3 unspecified atom stereocenters. The highest BCUT2D eigenvalue weighted by atomic mass is 16.6. The zero-order chi connectivity index (χ0) is 9.80. The molecule has 14 heavy (non-hydrogen) atoms. The molecule has 0 aliphatic heterocycles. The van der Waals surface area contributed by atoms with E-state index in [1.807, 2.05) is 6.92 Å². The van der Waals surface area contributed by atoms with Crippen LogP contribution in [0.15, 0.2) is 0 Å². The Morgan fingerprint density at radius 2 is 1.86 bits per heavy atom. The maximum absolute atomic E-state index is 5.30. The molecule has 0 amide bonds. The maximum atomic E-state index is 5.30. The van der Waals surface area contributed by atoms with Crippen molar-refractivity contribution in [2.24, 2.45) is 11.8 Å². The van der Waals surface area contributed by atoms with Crippen molar-refractivity contribution in [1.82, 2.24) is 5.48 Å². The summed E-state index contributed by atoms with van der Waals surface area (Å²) in [6.07, 6.45) is 10.00. The Morgan fingerprint density at radius 3 is 2.64 bits per heavy atom. The van der Waals surface area contributed by atoms with Crippen molar-refractivity contribution in [3.8, 4) is 0 Å². The fourth-order valence-electron chi connectivity index (χ4n) is 3.18. The molecule has 0 aromatic heterocycles. The van der Waals surface area contributed by atoms with Crippen LogP contribution in [0.25, 0.3) is 0 Å². The Bertz CT molecular complexity index is 172. The van der Waals surface area contributed by atoms with E-state index >= 15 is 0 Å². The zero-order valence-electron chi connectivity index (χ0n) is 9.30. The molecule has 0 heterocycles. The molecular formula is C12H23NO. The van der Waals surface area contributed by atoms with Gasteiger partial charge in [-0.3, -0.25) is 0 Å².